The van der Waals surface area contributed by atoms with Gasteiger partial charge in [0.05, 0.1) is 13.2 Å². The number of benzene rings is 3. The molecule has 4 rings (SSSR count). The second kappa shape index (κ2) is 10.9. The molecule has 2 unspecified atom stereocenters. The van der Waals surface area contributed by atoms with Gasteiger partial charge < -0.3 is 19.5 Å². The zero-order valence-electron chi connectivity index (χ0n) is 22.2. The first-order chi connectivity index (χ1) is 17.2. The molecule has 4 nitrogen and oxygen atoms in total. The topological polar surface area (TPSA) is 39.7 Å². The molecule has 36 heavy (non-hydrogen) atoms. The molecule has 0 radical (unpaired) electrons. The molecule has 0 saturated heterocycles. The van der Waals surface area contributed by atoms with Gasteiger partial charge >= 0.3 is 0 Å². The summed E-state index contributed by atoms with van der Waals surface area (Å²) in [6.07, 6.45) is 1.20. The van der Waals surface area contributed by atoms with Gasteiger partial charge in [0, 0.05) is 17.8 Å². The fraction of sp³-hybridized carbons (Fsp3) is 0.375. The van der Waals surface area contributed by atoms with Gasteiger partial charge in [0.2, 0.25) is 0 Å². The summed E-state index contributed by atoms with van der Waals surface area (Å²) in [5.41, 5.74) is 5.31. The fourth-order valence-corrected chi connectivity index (χ4v) is 4.57. The van der Waals surface area contributed by atoms with Crippen LogP contribution in [0.4, 0.5) is 5.69 Å². The molecule has 0 bridgehead atoms. The Morgan fingerprint density at radius 3 is 2.33 bits per heavy atom. The molecule has 0 spiro atoms. The highest BCUT2D eigenvalue weighted by Crippen LogP contribution is 2.44. The van der Waals surface area contributed by atoms with Gasteiger partial charge in [-0.1, -0.05) is 81.4 Å². The number of hydrogen-bond acceptors (Lipinski definition) is 4. The van der Waals surface area contributed by atoms with Crippen molar-refractivity contribution in [3.63, 3.8) is 0 Å². The van der Waals surface area contributed by atoms with Gasteiger partial charge in [0.1, 0.15) is 23.6 Å². The van der Waals surface area contributed by atoms with Crippen LogP contribution < -0.4 is 10.1 Å². The first-order valence-corrected chi connectivity index (χ1v) is 12.7. The van der Waals surface area contributed by atoms with E-state index in [-0.39, 0.29) is 17.6 Å². The molecular weight excluding hydrogens is 446 g/mol. The van der Waals surface area contributed by atoms with Crippen LogP contribution in [-0.2, 0) is 28.0 Å². The Hall–Kier alpha value is -3.08. The minimum absolute atomic E-state index is 0.150. The van der Waals surface area contributed by atoms with Crippen molar-refractivity contribution in [2.24, 2.45) is 0 Å². The average molecular weight is 486 g/mol. The lowest BCUT2D eigenvalue weighted by atomic mass is 9.87. The Morgan fingerprint density at radius 2 is 1.67 bits per heavy atom. The quantitative estimate of drug-likeness (QED) is 0.317. The molecule has 1 aliphatic rings. The molecule has 0 fully saturated rings. The third-order valence-corrected chi connectivity index (χ3v) is 6.63. The lowest BCUT2D eigenvalue weighted by molar-refractivity contribution is -0.161. The highest BCUT2D eigenvalue weighted by Gasteiger charge is 2.45. The Kier molecular flexibility index (Phi) is 7.87. The summed E-state index contributed by atoms with van der Waals surface area (Å²) in [5, 5.41) is 3.57. The van der Waals surface area contributed by atoms with Crippen molar-refractivity contribution in [1.29, 1.82) is 0 Å². The van der Waals surface area contributed by atoms with E-state index in [1.165, 1.54) is 11.1 Å². The van der Waals surface area contributed by atoms with Crippen LogP contribution in [0.1, 0.15) is 63.0 Å². The predicted molar refractivity (Wildman–Crippen MR) is 148 cm³/mol. The van der Waals surface area contributed by atoms with E-state index in [9.17, 15) is 0 Å². The summed E-state index contributed by atoms with van der Waals surface area (Å²) in [7, 11) is 0. The van der Waals surface area contributed by atoms with E-state index in [2.05, 4.69) is 95.0 Å². The van der Waals surface area contributed by atoms with Crippen LogP contribution >= 0.6 is 0 Å². The Balaban J connectivity index is 1.56. The Bertz CT molecular complexity index is 1150. The molecule has 1 aliphatic heterocycles. The molecule has 3 aromatic carbocycles. The summed E-state index contributed by atoms with van der Waals surface area (Å²) >= 11 is 0. The Morgan fingerprint density at radius 1 is 0.944 bits per heavy atom. The molecule has 4 heteroatoms. The van der Waals surface area contributed by atoms with Gasteiger partial charge in [0.25, 0.3) is 0 Å². The van der Waals surface area contributed by atoms with Crippen LogP contribution in [0.2, 0.25) is 0 Å². The van der Waals surface area contributed by atoms with E-state index in [1.54, 1.807) is 6.08 Å². The van der Waals surface area contributed by atoms with Crippen LogP contribution in [0.15, 0.2) is 85.5 Å². The maximum atomic E-state index is 6.54. The van der Waals surface area contributed by atoms with Crippen molar-refractivity contribution in [3.8, 4) is 5.75 Å². The van der Waals surface area contributed by atoms with Crippen molar-refractivity contribution in [1.82, 2.24) is 0 Å². The normalized spacial score (nSPS) is 18.7. The summed E-state index contributed by atoms with van der Waals surface area (Å²) in [6.45, 7) is 16.3. The zero-order chi connectivity index (χ0) is 25.8. The summed E-state index contributed by atoms with van der Waals surface area (Å²) < 4.78 is 19.2. The number of rotatable bonds is 9. The van der Waals surface area contributed by atoms with Crippen LogP contribution in [0.3, 0.4) is 0 Å². The zero-order valence-corrected chi connectivity index (χ0v) is 22.2. The first-order valence-electron chi connectivity index (χ1n) is 12.7. The van der Waals surface area contributed by atoms with Crippen LogP contribution in [0.25, 0.3) is 0 Å². The molecule has 0 saturated carbocycles. The lowest BCUT2D eigenvalue weighted by Gasteiger charge is -2.44. The smallest absolute Gasteiger partial charge is 0.132 e. The van der Waals surface area contributed by atoms with Gasteiger partial charge in [-0.3, -0.25) is 0 Å². The van der Waals surface area contributed by atoms with E-state index < -0.39 is 5.60 Å². The first kappa shape index (κ1) is 26.0. The number of fused-ring (bicyclic) bond motifs is 1. The summed E-state index contributed by atoms with van der Waals surface area (Å²) in [4.78, 5) is 0. The van der Waals surface area contributed by atoms with Crippen LogP contribution in [0, 0.1) is 0 Å². The van der Waals surface area contributed by atoms with Crippen molar-refractivity contribution in [2.45, 2.75) is 71.0 Å². The molecular formula is C32H39NO3. The maximum absolute atomic E-state index is 6.54. The molecule has 0 aromatic heterocycles. The SMILES string of the molecule is C=CCOC1C(OCc2ccccc2)c2cc(NCc3ccc(C(C)(C)C)cc3)ccc2OC1(C)C. The maximum Gasteiger partial charge on any atom is 0.132 e. The minimum atomic E-state index is -0.554. The Labute approximate surface area is 216 Å². The number of hydrogen-bond donors (Lipinski definition) is 1. The molecule has 1 N–H and O–H groups in total. The summed E-state index contributed by atoms with van der Waals surface area (Å²) in [6, 6.07) is 25.3. The second-order valence-corrected chi connectivity index (χ2v) is 11.0. The van der Waals surface area contributed by atoms with Crippen LogP contribution in [0.5, 0.6) is 5.75 Å². The second-order valence-electron chi connectivity index (χ2n) is 11.0. The molecule has 2 atom stereocenters. The molecule has 0 amide bonds. The average Bonchev–Trinajstić information content (AvgIpc) is 2.85. The molecule has 0 aliphatic carbocycles. The monoisotopic (exact) mass is 485 g/mol. The molecule has 3 aromatic rings. The van der Waals surface area contributed by atoms with Gasteiger partial charge in [-0.05, 0) is 54.2 Å². The third kappa shape index (κ3) is 6.18. The third-order valence-electron chi connectivity index (χ3n) is 6.63. The minimum Gasteiger partial charge on any atom is -0.485 e. The van der Waals surface area contributed by atoms with E-state index in [1.807, 2.05) is 24.3 Å². The van der Waals surface area contributed by atoms with E-state index in [0.29, 0.717) is 13.2 Å². The van der Waals surface area contributed by atoms with Crippen LogP contribution in [-0.4, -0.2) is 18.3 Å². The van der Waals surface area contributed by atoms with Crippen molar-refractivity contribution < 1.29 is 14.2 Å². The van der Waals surface area contributed by atoms with Crippen molar-refractivity contribution in [3.05, 3.63) is 108 Å². The van der Waals surface area contributed by atoms with E-state index in [0.717, 1.165) is 29.1 Å². The molecule has 190 valence electrons. The van der Waals surface area contributed by atoms with Gasteiger partial charge in [0.15, 0.2) is 0 Å². The fourth-order valence-electron chi connectivity index (χ4n) is 4.57. The predicted octanol–water partition coefficient (Wildman–Crippen LogP) is 7.60. The van der Waals surface area contributed by atoms with E-state index in [4.69, 9.17) is 14.2 Å². The number of ether oxygens (including phenoxy) is 3. The number of nitrogens with one attached hydrogen (secondary N) is 1. The standard InChI is InChI=1S/C32H39NO3/c1-7-19-34-30-29(35-22-24-11-9-8-10-12-24)27-20-26(17-18-28(27)36-32(30,5)6)33-21-23-13-15-25(16-14-23)31(2,3)4/h7-18,20,29-30,33H,1,19,21-22H2,2-6H3. The van der Waals surface area contributed by atoms with Gasteiger partial charge in [-0.15, -0.1) is 6.58 Å². The highest BCUT2D eigenvalue weighted by atomic mass is 16.6. The summed E-state index contributed by atoms with van der Waals surface area (Å²) in [5.74, 6) is 0.830. The van der Waals surface area contributed by atoms with Gasteiger partial charge in [-0.25, -0.2) is 0 Å². The van der Waals surface area contributed by atoms with E-state index >= 15 is 0 Å². The number of anilines is 1. The van der Waals surface area contributed by atoms with Crippen molar-refractivity contribution in [2.75, 3.05) is 11.9 Å². The lowest BCUT2D eigenvalue weighted by Crippen LogP contribution is -2.51. The highest BCUT2D eigenvalue weighted by molar-refractivity contribution is 5.54. The van der Waals surface area contributed by atoms with Gasteiger partial charge in [-0.2, -0.15) is 0 Å². The molecule has 1 heterocycles. The largest absolute Gasteiger partial charge is 0.485 e. The van der Waals surface area contributed by atoms with Crippen molar-refractivity contribution >= 4 is 5.69 Å².